The zero-order valence-electron chi connectivity index (χ0n) is 15.3. The zero-order chi connectivity index (χ0) is 17.5. The molecule has 2 aliphatic rings. The van der Waals surface area contributed by atoms with Gasteiger partial charge in [-0.25, -0.2) is 0 Å². The monoisotopic (exact) mass is 348 g/mol. The third-order valence-electron chi connectivity index (χ3n) is 5.35. The van der Waals surface area contributed by atoms with E-state index in [-0.39, 0.29) is 6.61 Å². The highest BCUT2D eigenvalue weighted by Crippen LogP contribution is 2.22. The summed E-state index contributed by atoms with van der Waals surface area (Å²) in [7, 11) is 0. The minimum Gasteiger partial charge on any atom is -0.491 e. The second-order valence-electron chi connectivity index (χ2n) is 7.33. The number of aliphatic hydroxyl groups is 1. The first kappa shape index (κ1) is 18.6. The van der Waals surface area contributed by atoms with E-state index in [4.69, 9.17) is 14.6 Å². The summed E-state index contributed by atoms with van der Waals surface area (Å²) in [6.07, 6.45) is 4.06. The number of para-hydroxylation sites is 1. The summed E-state index contributed by atoms with van der Waals surface area (Å²) in [5.41, 5.74) is 1.16. The number of likely N-dealkylation sites (tertiary alicyclic amines) is 1. The molecule has 0 aliphatic carbocycles. The largest absolute Gasteiger partial charge is 0.491 e. The van der Waals surface area contributed by atoms with E-state index in [1.54, 1.807) is 0 Å². The van der Waals surface area contributed by atoms with Crippen molar-refractivity contribution in [2.24, 2.45) is 5.92 Å². The predicted octanol–water partition coefficient (Wildman–Crippen LogP) is 2.04. The lowest BCUT2D eigenvalue weighted by Gasteiger charge is -2.38. The van der Waals surface area contributed by atoms with Gasteiger partial charge in [0.1, 0.15) is 12.4 Å². The average molecular weight is 348 g/mol. The summed E-state index contributed by atoms with van der Waals surface area (Å²) in [6.45, 7) is 7.85. The second-order valence-corrected chi connectivity index (χ2v) is 7.33. The summed E-state index contributed by atoms with van der Waals surface area (Å²) >= 11 is 0. The van der Waals surface area contributed by atoms with Crippen LogP contribution in [0.25, 0.3) is 0 Å². The highest BCUT2D eigenvalue weighted by molar-refractivity contribution is 5.33. The van der Waals surface area contributed by atoms with Crippen LogP contribution in [0.4, 0.5) is 0 Å². The van der Waals surface area contributed by atoms with Crippen LogP contribution in [-0.4, -0.2) is 61.6 Å². The fraction of sp³-hybridized carbons (Fsp3) is 0.700. The molecule has 0 saturated carbocycles. The van der Waals surface area contributed by atoms with Crippen LogP contribution < -0.4 is 10.1 Å². The Morgan fingerprint density at radius 2 is 2.20 bits per heavy atom. The molecule has 3 atom stereocenters. The summed E-state index contributed by atoms with van der Waals surface area (Å²) in [4.78, 5) is 2.57. The van der Waals surface area contributed by atoms with Crippen molar-refractivity contribution in [3.63, 3.8) is 0 Å². The van der Waals surface area contributed by atoms with Gasteiger partial charge >= 0.3 is 0 Å². The van der Waals surface area contributed by atoms with Crippen molar-refractivity contribution in [2.45, 2.75) is 44.9 Å². The lowest BCUT2D eigenvalue weighted by molar-refractivity contribution is 0.0511. The van der Waals surface area contributed by atoms with Crippen molar-refractivity contribution < 1.29 is 14.6 Å². The highest BCUT2D eigenvalue weighted by Gasteiger charge is 2.28. The molecule has 0 spiro atoms. The van der Waals surface area contributed by atoms with Crippen molar-refractivity contribution in [3.8, 4) is 5.75 Å². The van der Waals surface area contributed by atoms with Gasteiger partial charge in [0.15, 0.2) is 0 Å². The van der Waals surface area contributed by atoms with Gasteiger partial charge in [0.2, 0.25) is 0 Å². The fourth-order valence-corrected chi connectivity index (χ4v) is 3.96. The smallest absolute Gasteiger partial charge is 0.123 e. The van der Waals surface area contributed by atoms with Crippen LogP contribution in [0.3, 0.4) is 0 Å². The Morgan fingerprint density at radius 3 is 2.96 bits per heavy atom. The van der Waals surface area contributed by atoms with E-state index in [2.05, 4.69) is 23.2 Å². The quantitative estimate of drug-likeness (QED) is 0.753. The summed E-state index contributed by atoms with van der Waals surface area (Å²) in [5, 5.41) is 12.7. The number of piperidine rings is 1. The predicted molar refractivity (Wildman–Crippen MR) is 98.8 cm³/mol. The number of hydrogen-bond donors (Lipinski definition) is 2. The van der Waals surface area contributed by atoms with Gasteiger partial charge in [-0.3, -0.25) is 0 Å². The Balaban J connectivity index is 1.46. The summed E-state index contributed by atoms with van der Waals surface area (Å²) < 4.78 is 11.4. The maximum absolute atomic E-state index is 8.96. The topological polar surface area (TPSA) is 54.0 Å². The molecule has 0 radical (unpaired) electrons. The molecule has 1 aromatic carbocycles. The number of nitrogens with one attached hydrogen (secondary N) is 1. The number of hydrogen-bond acceptors (Lipinski definition) is 5. The first-order valence-corrected chi connectivity index (χ1v) is 9.65. The first-order chi connectivity index (χ1) is 12.3. The maximum Gasteiger partial charge on any atom is 0.123 e. The van der Waals surface area contributed by atoms with Crippen LogP contribution in [0.5, 0.6) is 5.75 Å². The van der Waals surface area contributed by atoms with Crippen LogP contribution in [0, 0.1) is 5.92 Å². The summed E-state index contributed by atoms with van der Waals surface area (Å²) in [6, 6.07) is 8.61. The molecule has 3 rings (SSSR count). The van der Waals surface area contributed by atoms with Gasteiger partial charge in [0.05, 0.1) is 12.7 Å². The van der Waals surface area contributed by atoms with E-state index in [0.717, 1.165) is 44.1 Å². The molecule has 5 nitrogen and oxygen atoms in total. The molecule has 5 heteroatoms. The first-order valence-electron chi connectivity index (χ1n) is 9.65. The van der Waals surface area contributed by atoms with Crippen molar-refractivity contribution in [1.82, 2.24) is 10.2 Å². The van der Waals surface area contributed by atoms with Crippen LogP contribution >= 0.6 is 0 Å². The van der Waals surface area contributed by atoms with Crippen LogP contribution in [-0.2, 0) is 11.3 Å². The maximum atomic E-state index is 8.96. The number of aliphatic hydroxyl groups excluding tert-OH is 1. The number of benzene rings is 1. The Labute approximate surface area is 151 Å². The van der Waals surface area contributed by atoms with Gasteiger partial charge in [-0.1, -0.05) is 25.1 Å². The summed E-state index contributed by atoms with van der Waals surface area (Å²) in [5.74, 6) is 1.49. The molecule has 3 unspecified atom stereocenters. The van der Waals surface area contributed by atoms with Crippen molar-refractivity contribution >= 4 is 0 Å². The minimum atomic E-state index is 0.0436. The molecule has 2 heterocycles. The molecule has 2 saturated heterocycles. The van der Waals surface area contributed by atoms with E-state index in [1.807, 2.05) is 18.2 Å². The SMILES string of the molecule is CC1CN(CC2CCCO2)CCC1NCc1ccccc1OCCO. The van der Waals surface area contributed by atoms with Gasteiger partial charge < -0.3 is 24.8 Å². The van der Waals surface area contributed by atoms with Gasteiger partial charge in [-0.05, 0) is 37.8 Å². The van der Waals surface area contributed by atoms with Gasteiger partial charge in [0, 0.05) is 37.8 Å². The molecule has 140 valence electrons. The van der Waals surface area contributed by atoms with E-state index in [9.17, 15) is 0 Å². The van der Waals surface area contributed by atoms with Crippen LogP contribution in [0.1, 0.15) is 31.7 Å². The fourth-order valence-electron chi connectivity index (χ4n) is 3.96. The van der Waals surface area contributed by atoms with E-state index in [1.165, 1.54) is 19.3 Å². The Hall–Kier alpha value is -1.14. The van der Waals surface area contributed by atoms with Crippen LogP contribution in [0.2, 0.25) is 0 Å². The standard InChI is InChI=1S/C20H32N2O3/c1-16-14-22(15-18-6-4-11-24-18)9-8-19(16)21-13-17-5-2-3-7-20(17)25-12-10-23/h2-3,5,7,16,18-19,21,23H,4,6,8-15H2,1H3. The van der Waals surface area contributed by atoms with Crippen molar-refractivity contribution in [1.29, 1.82) is 0 Å². The molecular formula is C20H32N2O3. The van der Waals surface area contributed by atoms with Gasteiger partial charge in [-0.2, -0.15) is 0 Å². The van der Waals surface area contributed by atoms with Gasteiger partial charge in [0.25, 0.3) is 0 Å². The molecule has 25 heavy (non-hydrogen) atoms. The highest BCUT2D eigenvalue weighted by atomic mass is 16.5. The Bertz CT molecular complexity index is 519. The van der Waals surface area contributed by atoms with Crippen molar-refractivity contribution in [3.05, 3.63) is 29.8 Å². The number of nitrogens with zero attached hydrogens (tertiary/aromatic N) is 1. The van der Waals surface area contributed by atoms with E-state index in [0.29, 0.717) is 24.7 Å². The Morgan fingerprint density at radius 1 is 1.32 bits per heavy atom. The lowest BCUT2D eigenvalue weighted by atomic mass is 9.93. The van der Waals surface area contributed by atoms with Crippen molar-refractivity contribution in [2.75, 3.05) is 39.5 Å². The molecule has 2 aliphatic heterocycles. The third kappa shape index (κ3) is 5.42. The second kappa shape index (κ2) is 9.53. The zero-order valence-corrected chi connectivity index (χ0v) is 15.3. The molecule has 0 amide bonds. The molecular weight excluding hydrogens is 316 g/mol. The molecule has 0 bridgehead atoms. The normalized spacial score (nSPS) is 27.5. The van der Waals surface area contributed by atoms with E-state index >= 15 is 0 Å². The molecule has 1 aromatic rings. The molecule has 0 aromatic heterocycles. The molecule has 2 N–H and O–H groups in total. The minimum absolute atomic E-state index is 0.0436. The lowest BCUT2D eigenvalue weighted by Crippen LogP contribution is -2.49. The molecule has 2 fully saturated rings. The Kier molecular flexibility index (Phi) is 7.11. The average Bonchev–Trinajstić information content (AvgIpc) is 3.13. The van der Waals surface area contributed by atoms with E-state index < -0.39 is 0 Å². The van der Waals surface area contributed by atoms with Gasteiger partial charge in [-0.15, -0.1) is 0 Å². The van der Waals surface area contributed by atoms with Crippen LogP contribution in [0.15, 0.2) is 24.3 Å². The number of ether oxygens (including phenoxy) is 2. The number of rotatable bonds is 8. The third-order valence-corrected chi connectivity index (χ3v) is 5.35.